The van der Waals surface area contributed by atoms with Crippen LogP contribution in [0, 0.1) is 0 Å². The highest BCUT2D eigenvalue weighted by Gasteiger charge is 2.29. The van der Waals surface area contributed by atoms with Crippen molar-refractivity contribution in [1.29, 1.82) is 0 Å². The Bertz CT molecular complexity index is 2020. The van der Waals surface area contributed by atoms with Crippen LogP contribution in [0.25, 0.3) is 55.6 Å². The third-order valence-corrected chi connectivity index (χ3v) is 6.52. The number of phenols is 5. The zero-order chi connectivity index (χ0) is 25.4. The van der Waals surface area contributed by atoms with Gasteiger partial charge in [0.25, 0.3) is 0 Å². The minimum atomic E-state index is -1.04. The lowest BCUT2D eigenvalue weighted by molar-refractivity contribution is 0.327. The number of pyridine rings is 1. The lowest BCUT2D eigenvalue weighted by Crippen LogP contribution is -1.99. The summed E-state index contributed by atoms with van der Waals surface area (Å²) in [5.41, 5.74) is 3.94. The van der Waals surface area contributed by atoms with E-state index >= 15 is 0 Å². The Labute approximate surface area is 207 Å². The van der Waals surface area contributed by atoms with Crippen LogP contribution in [0.2, 0.25) is 0 Å². The molecule has 5 N–H and O–H groups in total. The molecule has 4 heterocycles. The standard InChI is InChI=1S/C27H17N5O5/c33-21-20(22(34)24(36)25(37)23(21)35)32-16-11-6-12-28-18(16)19-27(32)29-17-14-9-4-5-10-15(14)31(26(17)30-19)13-7-2-1-3-8-13/h1-12,33-37H. The second-order valence-corrected chi connectivity index (χ2v) is 8.55. The third-order valence-electron chi connectivity index (χ3n) is 6.52. The summed E-state index contributed by atoms with van der Waals surface area (Å²) in [5.74, 6) is -4.71. The van der Waals surface area contributed by atoms with Crippen molar-refractivity contribution in [3.05, 3.63) is 72.9 Å². The molecule has 4 aromatic heterocycles. The zero-order valence-electron chi connectivity index (χ0n) is 18.9. The van der Waals surface area contributed by atoms with Crippen LogP contribution >= 0.6 is 0 Å². The summed E-state index contributed by atoms with van der Waals surface area (Å²) in [4.78, 5) is 14.4. The number of nitrogens with zero attached hydrogens (tertiary/aromatic N) is 5. The monoisotopic (exact) mass is 491 g/mol. The first-order valence-corrected chi connectivity index (χ1v) is 11.3. The van der Waals surface area contributed by atoms with Gasteiger partial charge in [-0.05, 0) is 30.3 Å². The van der Waals surface area contributed by atoms with Crippen molar-refractivity contribution in [2.75, 3.05) is 0 Å². The minimum Gasteiger partial charge on any atom is -0.503 e. The van der Waals surface area contributed by atoms with Crippen molar-refractivity contribution >= 4 is 44.3 Å². The van der Waals surface area contributed by atoms with Crippen molar-refractivity contribution in [1.82, 2.24) is 24.1 Å². The number of para-hydroxylation sites is 2. The van der Waals surface area contributed by atoms with Gasteiger partial charge < -0.3 is 25.5 Å². The molecule has 0 atom stereocenters. The first kappa shape index (κ1) is 20.8. The van der Waals surface area contributed by atoms with E-state index in [-0.39, 0.29) is 11.3 Å². The van der Waals surface area contributed by atoms with Crippen molar-refractivity contribution in [2.45, 2.75) is 0 Å². The average molecular weight is 491 g/mol. The number of phenolic OH excluding ortho intramolecular Hbond substituents is 5. The Balaban J connectivity index is 1.71. The van der Waals surface area contributed by atoms with Crippen LogP contribution in [-0.2, 0) is 0 Å². The van der Waals surface area contributed by atoms with Gasteiger partial charge in [0.15, 0.2) is 22.8 Å². The Kier molecular flexibility index (Phi) is 4.08. The SMILES string of the molecule is Oc1c(O)c(O)c(-n2c3cccnc3c3nc4c(nc32)c2ccccc2n4-c2ccccc2)c(O)c1O. The molecule has 180 valence electrons. The highest BCUT2D eigenvalue weighted by Crippen LogP contribution is 2.53. The molecule has 10 heteroatoms. The van der Waals surface area contributed by atoms with E-state index in [1.165, 1.54) is 4.57 Å². The fourth-order valence-corrected chi connectivity index (χ4v) is 4.88. The Morgan fingerprint density at radius 2 is 1.11 bits per heavy atom. The fraction of sp³-hybridized carbons (Fsp3) is 0. The van der Waals surface area contributed by atoms with Crippen molar-refractivity contribution in [3.63, 3.8) is 0 Å². The van der Waals surface area contributed by atoms with Crippen LogP contribution in [-0.4, -0.2) is 49.6 Å². The zero-order valence-corrected chi connectivity index (χ0v) is 18.9. The number of benzene rings is 3. The van der Waals surface area contributed by atoms with Crippen LogP contribution in [0.3, 0.4) is 0 Å². The van der Waals surface area contributed by atoms with Crippen LogP contribution in [0.4, 0.5) is 0 Å². The maximum Gasteiger partial charge on any atom is 0.208 e. The molecule has 0 aliphatic carbocycles. The molecule has 0 saturated carbocycles. The van der Waals surface area contributed by atoms with Gasteiger partial charge in [-0.15, -0.1) is 0 Å². The summed E-state index contributed by atoms with van der Waals surface area (Å²) in [6, 6.07) is 20.8. The van der Waals surface area contributed by atoms with Gasteiger partial charge in [-0.2, -0.15) is 0 Å². The molecule has 7 aromatic rings. The molecule has 0 spiro atoms. The summed E-state index contributed by atoms with van der Waals surface area (Å²) in [7, 11) is 0. The first-order chi connectivity index (χ1) is 18.0. The summed E-state index contributed by atoms with van der Waals surface area (Å²) in [6.07, 6.45) is 1.58. The van der Waals surface area contributed by atoms with Gasteiger partial charge in [0, 0.05) is 17.3 Å². The van der Waals surface area contributed by atoms with E-state index in [1.54, 1.807) is 18.3 Å². The molecule has 0 saturated heterocycles. The molecular formula is C27H17N5O5. The fourth-order valence-electron chi connectivity index (χ4n) is 4.88. The normalized spacial score (nSPS) is 11.8. The van der Waals surface area contributed by atoms with E-state index in [1.807, 2.05) is 59.2 Å². The number of aromatic nitrogens is 5. The molecule has 3 aromatic carbocycles. The Hall–Kier alpha value is -5.51. The number of aromatic hydroxyl groups is 5. The van der Waals surface area contributed by atoms with Crippen molar-refractivity contribution < 1.29 is 25.5 Å². The summed E-state index contributed by atoms with van der Waals surface area (Å²) >= 11 is 0. The van der Waals surface area contributed by atoms with Crippen molar-refractivity contribution in [3.8, 4) is 40.1 Å². The molecular weight excluding hydrogens is 474 g/mol. The number of fused-ring (bicyclic) bond motifs is 6. The maximum absolute atomic E-state index is 10.7. The minimum absolute atomic E-state index is 0.215. The van der Waals surface area contributed by atoms with E-state index in [4.69, 9.17) is 9.97 Å². The molecule has 0 aliphatic heterocycles. The largest absolute Gasteiger partial charge is 0.503 e. The molecule has 0 fully saturated rings. The van der Waals surface area contributed by atoms with Gasteiger partial charge >= 0.3 is 0 Å². The first-order valence-electron chi connectivity index (χ1n) is 11.3. The molecule has 0 radical (unpaired) electrons. The summed E-state index contributed by atoms with van der Waals surface area (Å²) in [6.45, 7) is 0. The van der Waals surface area contributed by atoms with E-state index in [0.29, 0.717) is 27.7 Å². The van der Waals surface area contributed by atoms with Gasteiger partial charge in [0.1, 0.15) is 22.2 Å². The maximum atomic E-state index is 10.7. The van der Waals surface area contributed by atoms with Gasteiger partial charge in [0.05, 0.1) is 11.0 Å². The van der Waals surface area contributed by atoms with Crippen LogP contribution in [0.15, 0.2) is 72.9 Å². The number of hydrogen-bond donors (Lipinski definition) is 5. The molecule has 0 unspecified atom stereocenters. The molecule has 0 amide bonds. The third kappa shape index (κ3) is 2.66. The van der Waals surface area contributed by atoms with Gasteiger partial charge in [-0.3, -0.25) is 14.1 Å². The molecule has 7 rings (SSSR count). The van der Waals surface area contributed by atoms with Crippen LogP contribution in [0.5, 0.6) is 28.7 Å². The van der Waals surface area contributed by atoms with E-state index in [9.17, 15) is 25.5 Å². The average Bonchev–Trinajstić information content (AvgIpc) is 3.43. The van der Waals surface area contributed by atoms with Gasteiger partial charge in [-0.25, -0.2) is 9.97 Å². The predicted molar refractivity (Wildman–Crippen MR) is 137 cm³/mol. The van der Waals surface area contributed by atoms with E-state index in [2.05, 4.69) is 4.98 Å². The van der Waals surface area contributed by atoms with Crippen LogP contribution in [0.1, 0.15) is 0 Å². The quantitative estimate of drug-likeness (QED) is 0.174. The highest BCUT2D eigenvalue weighted by atomic mass is 16.4. The number of hydrogen-bond acceptors (Lipinski definition) is 8. The Morgan fingerprint density at radius 3 is 1.86 bits per heavy atom. The second kappa shape index (κ2) is 7.25. The van der Waals surface area contributed by atoms with E-state index < -0.39 is 28.7 Å². The molecule has 37 heavy (non-hydrogen) atoms. The van der Waals surface area contributed by atoms with Gasteiger partial charge in [0.2, 0.25) is 17.2 Å². The second-order valence-electron chi connectivity index (χ2n) is 8.55. The van der Waals surface area contributed by atoms with Crippen molar-refractivity contribution in [2.24, 2.45) is 0 Å². The smallest absolute Gasteiger partial charge is 0.208 e. The predicted octanol–water partition coefficient (Wildman–Crippen LogP) is 4.59. The van der Waals surface area contributed by atoms with Gasteiger partial charge in [-0.1, -0.05) is 36.4 Å². The summed E-state index contributed by atoms with van der Waals surface area (Å²) in [5, 5.41) is 52.7. The molecule has 10 nitrogen and oxygen atoms in total. The highest BCUT2D eigenvalue weighted by molar-refractivity contribution is 6.11. The molecule has 0 bridgehead atoms. The summed E-state index contributed by atoms with van der Waals surface area (Å²) < 4.78 is 3.35. The molecule has 0 aliphatic rings. The van der Waals surface area contributed by atoms with E-state index in [0.717, 1.165) is 16.6 Å². The number of rotatable bonds is 2. The Morgan fingerprint density at radius 1 is 0.514 bits per heavy atom. The lowest BCUT2D eigenvalue weighted by atomic mass is 10.2. The topological polar surface area (TPSA) is 150 Å². The lowest BCUT2D eigenvalue weighted by Gasteiger charge is -2.14. The van der Waals surface area contributed by atoms with Crippen LogP contribution < -0.4 is 0 Å².